The fourth-order valence-electron chi connectivity index (χ4n) is 3.28. The molecule has 0 aliphatic rings. The van der Waals surface area contributed by atoms with Gasteiger partial charge >= 0.3 is 12.1 Å². The SMILES string of the molecule is COC(=O)Cc1ccccc1C#Cc1nc(Cc2ccc(CC[B]C=O)cc2)ncc1C(F)(F)F. The molecule has 0 atom stereocenters. The van der Waals surface area contributed by atoms with E-state index in [2.05, 4.69) is 26.5 Å². The molecule has 5 nitrogen and oxygen atoms in total. The second kappa shape index (κ2) is 12.0. The first-order valence-electron chi connectivity index (χ1n) is 10.7. The van der Waals surface area contributed by atoms with Gasteiger partial charge in [-0.05, 0) is 35.1 Å². The second-order valence-corrected chi connectivity index (χ2v) is 7.61. The lowest BCUT2D eigenvalue weighted by Gasteiger charge is -2.10. The van der Waals surface area contributed by atoms with Gasteiger partial charge in [0.2, 0.25) is 0 Å². The van der Waals surface area contributed by atoms with E-state index >= 15 is 0 Å². The van der Waals surface area contributed by atoms with Gasteiger partial charge < -0.3 is 9.53 Å². The molecule has 9 heteroatoms. The first-order valence-corrected chi connectivity index (χ1v) is 10.7. The van der Waals surface area contributed by atoms with Crippen molar-refractivity contribution in [1.82, 2.24) is 9.97 Å². The van der Waals surface area contributed by atoms with Gasteiger partial charge in [0.05, 0.1) is 19.7 Å². The largest absolute Gasteiger partial charge is 0.469 e. The Morgan fingerprint density at radius 2 is 1.80 bits per heavy atom. The normalized spacial score (nSPS) is 10.7. The number of hydrogen-bond acceptors (Lipinski definition) is 5. The third-order valence-electron chi connectivity index (χ3n) is 5.12. The Morgan fingerprint density at radius 3 is 2.49 bits per heavy atom. The number of esters is 1. The van der Waals surface area contributed by atoms with Crippen LogP contribution in [0, 0.1) is 11.8 Å². The molecule has 0 aliphatic carbocycles. The number of aryl methyl sites for hydroxylation is 1. The van der Waals surface area contributed by atoms with Crippen LogP contribution in [0.1, 0.15) is 39.3 Å². The Labute approximate surface area is 202 Å². The molecule has 3 rings (SSSR count). The smallest absolute Gasteiger partial charge is 0.420 e. The lowest BCUT2D eigenvalue weighted by atomic mass is 9.75. The van der Waals surface area contributed by atoms with Crippen molar-refractivity contribution in [3.05, 3.63) is 94.1 Å². The zero-order valence-electron chi connectivity index (χ0n) is 18.9. The summed E-state index contributed by atoms with van der Waals surface area (Å²) >= 11 is 0. The predicted octanol–water partition coefficient (Wildman–Crippen LogP) is 4.06. The highest BCUT2D eigenvalue weighted by Crippen LogP contribution is 2.30. The number of alkyl halides is 3. The molecule has 2 aromatic carbocycles. The lowest BCUT2D eigenvalue weighted by Crippen LogP contribution is -2.12. The molecule has 1 heterocycles. The number of methoxy groups -OCH3 is 1. The maximum absolute atomic E-state index is 13.6. The highest BCUT2D eigenvalue weighted by molar-refractivity contribution is 6.66. The van der Waals surface area contributed by atoms with Gasteiger partial charge in [0.15, 0.2) is 7.28 Å². The molecule has 0 N–H and O–H groups in total. The number of nitrogens with zero attached hydrogens (tertiary/aromatic N) is 2. The van der Waals surface area contributed by atoms with Crippen LogP contribution in [-0.2, 0) is 39.8 Å². The summed E-state index contributed by atoms with van der Waals surface area (Å²) in [5.74, 6) is 4.97. The maximum atomic E-state index is 13.6. The Hall–Kier alpha value is -3.93. The Morgan fingerprint density at radius 1 is 1.09 bits per heavy atom. The van der Waals surface area contributed by atoms with Crippen LogP contribution in [0.4, 0.5) is 13.2 Å². The fourth-order valence-corrected chi connectivity index (χ4v) is 3.28. The average molecular weight is 477 g/mol. The molecule has 35 heavy (non-hydrogen) atoms. The van der Waals surface area contributed by atoms with Crippen LogP contribution in [0.25, 0.3) is 0 Å². The Kier molecular flexibility index (Phi) is 8.79. The number of halogens is 3. The van der Waals surface area contributed by atoms with Crippen molar-refractivity contribution in [2.24, 2.45) is 0 Å². The van der Waals surface area contributed by atoms with E-state index in [1.807, 2.05) is 24.3 Å². The van der Waals surface area contributed by atoms with Gasteiger partial charge in [-0.1, -0.05) is 54.7 Å². The van der Waals surface area contributed by atoms with Gasteiger partial charge in [0, 0.05) is 18.2 Å². The van der Waals surface area contributed by atoms with Crippen molar-refractivity contribution in [1.29, 1.82) is 0 Å². The third kappa shape index (κ3) is 7.54. The summed E-state index contributed by atoms with van der Waals surface area (Å²) < 4.78 is 45.4. The predicted molar refractivity (Wildman–Crippen MR) is 125 cm³/mol. The van der Waals surface area contributed by atoms with Crippen LogP contribution < -0.4 is 0 Å². The molecule has 0 amide bonds. The highest BCUT2D eigenvalue weighted by Gasteiger charge is 2.34. The molecular formula is C26H21BF3N2O3. The van der Waals surface area contributed by atoms with Crippen LogP contribution in [0.2, 0.25) is 6.32 Å². The molecule has 1 aromatic heterocycles. The van der Waals surface area contributed by atoms with Crippen molar-refractivity contribution < 1.29 is 27.5 Å². The zero-order valence-corrected chi connectivity index (χ0v) is 18.9. The summed E-state index contributed by atoms with van der Waals surface area (Å²) in [4.78, 5) is 30.0. The van der Waals surface area contributed by atoms with E-state index in [4.69, 9.17) is 0 Å². The molecule has 1 radical (unpaired) electrons. The van der Waals surface area contributed by atoms with Crippen LogP contribution in [0.5, 0.6) is 0 Å². The maximum Gasteiger partial charge on any atom is 0.420 e. The number of hydrogen-bond donors (Lipinski definition) is 0. The van der Waals surface area contributed by atoms with Crippen LogP contribution in [0.15, 0.2) is 54.7 Å². The molecule has 0 aliphatic heterocycles. The van der Waals surface area contributed by atoms with E-state index in [1.165, 1.54) is 7.11 Å². The number of aromatic nitrogens is 2. The number of carbonyl (C=O) groups excluding carboxylic acids is 2. The molecule has 0 saturated carbocycles. The lowest BCUT2D eigenvalue weighted by molar-refractivity contribution is -0.140. The van der Waals surface area contributed by atoms with E-state index in [9.17, 15) is 22.8 Å². The average Bonchev–Trinajstić information content (AvgIpc) is 2.84. The number of rotatable bonds is 8. The monoisotopic (exact) mass is 477 g/mol. The van der Waals surface area contributed by atoms with Gasteiger partial charge in [-0.25, -0.2) is 9.97 Å². The first kappa shape index (κ1) is 25.7. The molecule has 0 saturated heterocycles. The third-order valence-corrected chi connectivity index (χ3v) is 5.12. The van der Waals surface area contributed by atoms with Crippen molar-refractivity contribution >= 4 is 19.4 Å². The molecule has 0 unspecified atom stereocenters. The van der Waals surface area contributed by atoms with Crippen LogP contribution >= 0.6 is 0 Å². The highest BCUT2D eigenvalue weighted by atomic mass is 19.4. The molecule has 3 aromatic rings. The topological polar surface area (TPSA) is 69.2 Å². The van der Waals surface area contributed by atoms with E-state index in [0.29, 0.717) is 23.9 Å². The van der Waals surface area contributed by atoms with E-state index in [0.717, 1.165) is 23.5 Å². The van der Waals surface area contributed by atoms with Gasteiger partial charge in [-0.15, -0.1) is 0 Å². The van der Waals surface area contributed by atoms with Gasteiger partial charge in [0.1, 0.15) is 17.1 Å². The molecule has 0 bridgehead atoms. The Bertz CT molecular complexity index is 1250. The number of carbonyl (C=O) groups is 2. The van der Waals surface area contributed by atoms with E-state index in [-0.39, 0.29) is 18.7 Å². The molecular weight excluding hydrogens is 456 g/mol. The second-order valence-electron chi connectivity index (χ2n) is 7.61. The minimum atomic E-state index is -4.67. The summed E-state index contributed by atoms with van der Waals surface area (Å²) in [6.45, 7) is 0. The van der Waals surface area contributed by atoms with Crippen molar-refractivity contribution in [2.75, 3.05) is 7.11 Å². The van der Waals surface area contributed by atoms with Crippen LogP contribution in [0.3, 0.4) is 0 Å². The summed E-state index contributed by atoms with van der Waals surface area (Å²) in [5, 5.41) is 0. The summed E-state index contributed by atoms with van der Waals surface area (Å²) in [6, 6.07) is 14.2. The standard InChI is InChI=1S/C26H21BF3N2O3/c1-35-25(34)15-21-5-3-2-4-20(21)10-11-23-22(26(28,29)30)16-31-24(32-23)14-19-8-6-18(7-9-19)12-13-27-17-33/h2-9,16-17H,12-15H2,1H3. The Balaban J connectivity index is 1.88. The zero-order chi connectivity index (χ0) is 25.3. The number of benzene rings is 2. The quantitative estimate of drug-likeness (QED) is 0.161. The summed E-state index contributed by atoms with van der Waals surface area (Å²) in [7, 11) is 2.80. The van der Waals surface area contributed by atoms with Crippen molar-refractivity contribution in [3.63, 3.8) is 0 Å². The number of ether oxygens (including phenoxy) is 1. The van der Waals surface area contributed by atoms with Crippen molar-refractivity contribution in [2.45, 2.75) is 31.8 Å². The van der Waals surface area contributed by atoms with Crippen LogP contribution in [-0.4, -0.2) is 36.5 Å². The molecule has 0 fully saturated rings. The summed E-state index contributed by atoms with van der Waals surface area (Å²) in [5.41, 5.74) is 1.36. The first-order chi connectivity index (χ1) is 16.8. The van der Waals surface area contributed by atoms with Crippen molar-refractivity contribution in [3.8, 4) is 11.8 Å². The molecule has 0 spiro atoms. The molecule has 177 valence electrons. The minimum absolute atomic E-state index is 0.0499. The van der Waals surface area contributed by atoms with E-state index < -0.39 is 23.4 Å². The van der Waals surface area contributed by atoms with E-state index in [1.54, 1.807) is 31.5 Å². The fraction of sp³-hybridized carbons (Fsp3) is 0.231. The van der Waals surface area contributed by atoms with Gasteiger partial charge in [-0.2, -0.15) is 13.2 Å². The summed E-state index contributed by atoms with van der Waals surface area (Å²) in [6.07, 6.45) is -1.64. The van der Waals surface area contributed by atoms with Gasteiger partial charge in [-0.3, -0.25) is 4.79 Å². The minimum Gasteiger partial charge on any atom is -0.469 e. The van der Waals surface area contributed by atoms with Gasteiger partial charge in [0.25, 0.3) is 0 Å².